The molecule has 186 valence electrons. The van der Waals surface area contributed by atoms with Gasteiger partial charge in [-0.05, 0) is 62.4 Å². The molecule has 37 heavy (non-hydrogen) atoms. The maximum atomic E-state index is 13.6. The molecule has 1 N–H and O–H groups in total. The number of hydrogen-bond donors (Lipinski definition) is 1. The zero-order valence-corrected chi connectivity index (χ0v) is 20.1. The van der Waals surface area contributed by atoms with Gasteiger partial charge in [-0.15, -0.1) is 0 Å². The molecule has 10 heteroatoms. The van der Waals surface area contributed by atoms with Crippen LogP contribution in [-0.2, 0) is 11.3 Å². The van der Waals surface area contributed by atoms with Crippen LogP contribution in [0.2, 0.25) is 0 Å². The summed E-state index contributed by atoms with van der Waals surface area (Å²) in [6.45, 7) is 4.11. The Balaban J connectivity index is 1.50. The van der Waals surface area contributed by atoms with E-state index in [4.69, 9.17) is 9.26 Å². The maximum absolute atomic E-state index is 13.6. The summed E-state index contributed by atoms with van der Waals surface area (Å²) < 4.78 is 26.0. The highest BCUT2D eigenvalue weighted by molar-refractivity contribution is 5.92. The molecule has 5 rings (SSSR count). The molecule has 0 aliphatic carbocycles. The largest absolute Gasteiger partial charge is 0.494 e. The zero-order chi connectivity index (χ0) is 25.9. The van der Waals surface area contributed by atoms with Gasteiger partial charge in [0.1, 0.15) is 29.3 Å². The first-order valence-electron chi connectivity index (χ1n) is 11.5. The highest BCUT2D eigenvalue weighted by Crippen LogP contribution is 2.23. The minimum absolute atomic E-state index is 0.0487. The van der Waals surface area contributed by atoms with E-state index in [1.807, 2.05) is 6.92 Å². The van der Waals surface area contributed by atoms with Crippen LogP contribution >= 0.6 is 0 Å². The summed E-state index contributed by atoms with van der Waals surface area (Å²) in [5.41, 5.74) is 1.76. The predicted octanol–water partition coefficient (Wildman–Crippen LogP) is 4.60. The number of carbonyl (C=O) groups is 1. The second-order valence-corrected chi connectivity index (χ2v) is 8.26. The van der Waals surface area contributed by atoms with E-state index in [2.05, 4.69) is 20.4 Å². The predicted molar refractivity (Wildman–Crippen MR) is 136 cm³/mol. The van der Waals surface area contributed by atoms with Gasteiger partial charge in [-0.25, -0.2) is 9.37 Å². The van der Waals surface area contributed by atoms with Crippen molar-refractivity contribution in [1.82, 2.24) is 19.7 Å². The molecule has 0 bridgehead atoms. The molecule has 0 saturated carbocycles. The van der Waals surface area contributed by atoms with Gasteiger partial charge in [0.15, 0.2) is 0 Å². The first-order chi connectivity index (χ1) is 17.9. The Morgan fingerprint density at radius 2 is 1.92 bits per heavy atom. The van der Waals surface area contributed by atoms with Crippen molar-refractivity contribution in [3.05, 3.63) is 88.6 Å². The number of aromatic nitrogens is 4. The van der Waals surface area contributed by atoms with Gasteiger partial charge >= 0.3 is 0 Å². The number of anilines is 1. The average Bonchev–Trinajstić information content (AvgIpc) is 3.37. The molecule has 2 aromatic carbocycles. The SMILES string of the molecule is CCOc1ccc(NC(=O)Cn2cc(-c3nc(-c4cccc(F)c4)no3)c(=O)c3ccc(C)nc32)cc1. The molecule has 0 atom stereocenters. The van der Waals surface area contributed by atoms with Crippen LogP contribution in [0.25, 0.3) is 33.9 Å². The quantitative estimate of drug-likeness (QED) is 0.348. The molecule has 3 aromatic heterocycles. The Hall–Kier alpha value is -4.86. The molecule has 0 radical (unpaired) electrons. The molecule has 3 heterocycles. The molecular formula is C27H22FN5O4. The fourth-order valence-corrected chi connectivity index (χ4v) is 3.87. The fourth-order valence-electron chi connectivity index (χ4n) is 3.87. The van der Waals surface area contributed by atoms with Gasteiger partial charge in [0.2, 0.25) is 17.2 Å². The lowest BCUT2D eigenvalue weighted by Gasteiger charge is -2.13. The Kier molecular flexibility index (Phi) is 6.46. The summed E-state index contributed by atoms with van der Waals surface area (Å²) in [4.78, 5) is 35.0. The Labute approximate surface area is 210 Å². The van der Waals surface area contributed by atoms with E-state index in [0.29, 0.717) is 40.3 Å². The van der Waals surface area contributed by atoms with Crippen LogP contribution in [0, 0.1) is 12.7 Å². The zero-order valence-electron chi connectivity index (χ0n) is 20.1. The summed E-state index contributed by atoms with van der Waals surface area (Å²) in [6.07, 6.45) is 1.47. The smallest absolute Gasteiger partial charge is 0.263 e. The van der Waals surface area contributed by atoms with Crippen molar-refractivity contribution < 1.29 is 18.4 Å². The number of amides is 1. The van der Waals surface area contributed by atoms with E-state index in [1.54, 1.807) is 54.0 Å². The number of pyridine rings is 2. The van der Waals surface area contributed by atoms with E-state index < -0.39 is 5.82 Å². The van der Waals surface area contributed by atoms with E-state index in [9.17, 15) is 14.0 Å². The van der Waals surface area contributed by atoms with Gasteiger partial charge < -0.3 is 19.1 Å². The Morgan fingerprint density at radius 3 is 2.68 bits per heavy atom. The van der Waals surface area contributed by atoms with Gasteiger partial charge in [0.05, 0.1) is 12.0 Å². The van der Waals surface area contributed by atoms with E-state index in [-0.39, 0.29) is 35.2 Å². The topological polar surface area (TPSA) is 112 Å². The van der Waals surface area contributed by atoms with Crippen molar-refractivity contribution in [3.8, 4) is 28.6 Å². The van der Waals surface area contributed by atoms with Crippen LogP contribution in [0.15, 0.2) is 76.2 Å². The fraction of sp³-hybridized carbons (Fsp3) is 0.148. The highest BCUT2D eigenvalue weighted by Gasteiger charge is 2.19. The third kappa shape index (κ3) is 5.08. The van der Waals surface area contributed by atoms with Gasteiger partial charge in [0, 0.05) is 23.1 Å². The standard InChI is InChI=1S/C27H22FN5O4/c1-3-36-20-10-8-19(9-11-20)30-23(34)15-33-14-22(24(35)21-12-7-16(2)29-26(21)33)27-31-25(32-37-27)17-5-4-6-18(28)13-17/h4-14H,3,15H2,1-2H3,(H,30,34). The van der Waals surface area contributed by atoms with Crippen LogP contribution < -0.4 is 15.5 Å². The summed E-state index contributed by atoms with van der Waals surface area (Å²) in [6, 6.07) is 16.1. The summed E-state index contributed by atoms with van der Waals surface area (Å²) in [5, 5.41) is 7.03. The second kappa shape index (κ2) is 10.0. The van der Waals surface area contributed by atoms with Crippen molar-refractivity contribution in [3.63, 3.8) is 0 Å². The lowest BCUT2D eigenvalue weighted by Crippen LogP contribution is -2.22. The minimum atomic E-state index is -0.447. The van der Waals surface area contributed by atoms with E-state index in [1.165, 1.54) is 24.4 Å². The maximum Gasteiger partial charge on any atom is 0.263 e. The molecule has 0 aliphatic heterocycles. The molecule has 0 saturated heterocycles. The molecule has 1 amide bonds. The monoisotopic (exact) mass is 499 g/mol. The van der Waals surface area contributed by atoms with Crippen molar-refractivity contribution in [2.75, 3.05) is 11.9 Å². The van der Waals surface area contributed by atoms with Crippen molar-refractivity contribution in [2.45, 2.75) is 20.4 Å². The van der Waals surface area contributed by atoms with Gasteiger partial charge in [-0.2, -0.15) is 4.98 Å². The second-order valence-electron chi connectivity index (χ2n) is 8.26. The van der Waals surface area contributed by atoms with Gasteiger partial charge in [0.25, 0.3) is 5.89 Å². The highest BCUT2D eigenvalue weighted by atomic mass is 19.1. The average molecular weight is 500 g/mol. The number of halogens is 1. The number of aryl methyl sites for hydroxylation is 1. The Morgan fingerprint density at radius 1 is 1.11 bits per heavy atom. The molecule has 5 aromatic rings. The normalized spacial score (nSPS) is 11.0. The number of nitrogens with one attached hydrogen (secondary N) is 1. The molecule has 0 aliphatic rings. The number of fused-ring (bicyclic) bond motifs is 1. The van der Waals surface area contributed by atoms with Crippen molar-refractivity contribution >= 4 is 22.6 Å². The third-order valence-electron chi connectivity index (χ3n) is 5.56. The molecular weight excluding hydrogens is 477 g/mol. The van der Waals surface area contributed by atoms with Crippen LogP contribution in [0.4, 0.5) is 10.1 Å². The van der Waals surface area contributed by atoms with Crippen LogP contribution in [0.1, 0.15) is 12.6 Å². The van der Waals surface area contributed by atoms with Crippen molar-refractivity contribution in [2.24, 2.45) is 0 Å². The molecule has 0 unspecified atom stereocenters. The lowest BCUT2D eigenvalue weighted by atomic mass is 10.1. The Bertz CT molecular complexity index is 1660. The van der Waals surface area contributed by atoms with E-state index >= 15 is 0 Å². The van der Waals surface area contributed by atoms with Crippen LogP contribution in [-0.4, -0.2) is 32.2 Å². The van der Waals surface area contributed by atoms with Crippen LogP contribution in [0.3, 0.4) is 0 Å². The number of hydrogen-bond acceptors (Lipinski definition) is 7. The molecule has 9 nitrogen and oxygen atoms in total. The summed E-state index contributed by atoms with van der Waals surface area (Å²) >= 11 is 0. The number of nitrogens with zero attached hydrogens (tertiary/aromatic N) is 4. The van der Waals surface area contributed by atoms with Gasteiger partial charge in [-0.3, -0.25) is 9.59 Å². The minimum Gasteiger partial charge on any atom is -0.494 e. The van der Waals surface area contributed by atoms with E-state index in [0.717, 1.165) is 0 Å². The number of benzene rings is 2. The first kappa shape index (κ1) is 23.9. The number of rotatable bonds is 7. The first-order valence-corrected chi connectivity index (χ1v) is 11.5. The third-order valence-corrected chi connectivity index (χ3v) is 5.56. The molecule has 0 fully saturated rings. The summed E-state index contributed by atoms with van der Waals surface area (Å²) in [5.74, 6) is 0.0165. The van der Waals surface area contributed by atoms with Crippen LogP contribution in [0.5, 0.6) is 5.75 Å². The molecule has 0 spiro atoms. The van der Waals surface area contributed by atoms with Crippen molar-refractivity contribution in [1.29, 1.82) is 0 Å². The van der Waals surface area contributed by atoms with Gasteiger partial charge in [-0.1, -0.05) is 17.3 Å². The number of ether oxygens (including phenoxy) is 1. The number of carbonyl (C=O) groups excluding carboxylic acids is 1. The summed E-state index contributed by atoms with van der Waals surface area (Å²) in [7, 11) is 0. The lowest BCUT2D eigenvalue weighted by molar-refractivity contribution is -0.116.